The molecule has 0 fully saturated rings. The zero-order valence-corrected chi connectivity index (χ0v) is 7.34. The average molecular weight is 191 g/mol. The van der Waals surface area contributed by atoms with Crippen molar-refractivity contribution in [1.82, 2.24) is 0 Å². The Bertz CT molecular complexity index is 387. The van der Waals surface area contributed by atoms with Gasteiger partial charge in [-0.15, -0.1) is 0 Å². The van der Waals surface area contributed by atoms with Crippen molar-refractivity contribution in [2.24, 2.45) is 0 Å². The van der Waals surface area contributed by atoms with Crippen molar-refractivity contribution in [3.8, 4) is 0 Å². The number of carbonyl (C=O) groups is 1. The number of nitrogen functional groups attached to an aromatic ring is 1. The molecule has 14 heavy (non-hydrogen) atoms. The third-order valence-corrected chi connectivity index (χ3v) is 1.92. The molecule has 1 aliphatic rings. The third-order valence-electron chi connectivity index (χ3n) is 1.92. The highest BCUT2D eigenvalue weighted by atomic mass is 16.7. The monoisotopic (exact) mass is 191 g/mol. The molecule has 2 N–H and O–H groups in total. The van der Waals surface area contributed by atoms with Crippen LogP contribution in [0, 0.1) is 0 Å². The largest absolute Gasteiger partial charge is 0.454 e. The van der Waals surface area contributed by atoms with Gasteiger partial charge in [0.05, 0.1) is 5.56 Å². The zero-order chi connectivity index (χ0) is 9.97. The second kappa shape index (κ2) is 3.41. The predicted molar refractivity (Wildman–Crippen MR) is 49.9 cm³/mol. The van der Waals surface area contributed by atoms with E-state index in [1.807, 2.05) is 12.1 Å². The number of para-hydroxylation sites is 1. The molecule has 4 heteroatoms. The Morgan fingerprint density at radius 2 is 2.14 bits per heavy atom. The lowest BCUT2D eigenvalue weighted by atomic mass is 10.2. The molecule has 0 saturated heterocycles. The molecule has 72 valence electrons. The maximum absolute atomic E-state index is 10.4. The molecular weight excluding hydrogens is 182 g/mol. The topological polar surface area (TPSA) is 61.5 Å². The lowest BCUT2D eigenvalue weighted by Crippen LogP contribution is -2.03. The molecule has 2 rings (SSSR count). The molecule has 0 spiro atoms. The van der Waals surface area contributed by atoms with E-state index >= 15 is 0 Å². The van der Waals surface area contributed by atoms with Gasteiger partial charge in [-0.2, -0.15) is 0 Å². The van der Waals surface area contributed by atoms with Crippen molar-refractivity contribution < 1.29 is 14.3 Å². The molecule has 1 unspecified atom stereocenters. The fraction of sp³-hybridized carbons (Fsp3) is 0.100. The normalized spacial score (nSPS) is 19.4. The molecule has 1 aliphatic heterocycles. The summed E-state index contributed by atoms with van der Waals surface area (Å²) < 4.78 is 10.3. The zero-order valence-electron chi connectivity index (χ0n) is 7.34. The molecular formula is C10H9NO3. The molecule has 1 heterocycles. The van der Waals surface area contributed by atoms with Crippen LogP contribution in [0.25, 0.3) is 0 Å². The molecule has 0 aliphatic carbocycles. The SMILES string of the molecule is Nc1ccccc1C1OC=C(C=O)O1. The van der Waals surface area contributed by atoms with E-state index in [4.69, 9.17) is 15.2 Å². The van der Waals surface area contributed by atoms with Crippen LogP contribution < -0.4 is 5.73 Å². The minimum atomic E-state index is -0.601. The number of hydrogen-bond donors (Lipinski definition) is 1. The van der Waals surface area contributed by atoms with Crippen molar-refractivity contribution in [2.75, 3.05) is 5.73 Å². The number of allylic oxidation sites excluding steroid dienone is 1. The number of benzene rings is 1. The number of anilines is 1. The van der Waals surface area contributed by atoms with Crippen molar-refractivity contribution >= 4 is 12.0 Å². The highest BCUT2D eigenvalue weighted by Gasteiger charge is 2.22. The van der Waals surface area contributed by atoms with E-state index in [1.54, 1.807) is 12.1 Å². The Morgan fingerprint density at radius 3 is 2.79 bits per heavy atom. The predicted octanol–water partition coefficient (Wildman–Crippen LogP) is 1.35. The Balaban J connectivity index is 2.20. The Morgan fingerprint density at radius 1 is 1.36 bits per heavy atom. The van der Waals surface area contributed by atoms with Crippen LogP contribution in [0.1, 0.15) is 11.9 Å². The molecule has 1 aromatic rings. The van der Waals surface area contributed by atoms with E-state index in [0.29, 0.717) is 12.0 Å². The van der Waals surface area contributed by atoms with Crippen molar-refractivity contribution in [1.29, 1.82) is 0 Å². The number of hydrogen-bond acceptors (Lipinski definition) is 4. The number of nitrogens with two attached hydrogens (primary N) is 1. The van der Waals surface area contributed by atoms with Gasteiger partial charge in [0.15, 0.2) is 12.0 Å². The Kier molecular flexibility index (Phi) is 2.10. The van der Waals surface area contributed by atoms with Gasteiger partial charge in [0.2, 0.25) is 0 Å². The van der Waals surface area contributed by atoms with Gasteiger partial charge in [-0.25, -0.2) is 0 Å². The van der Waals surface area contributed by atoms with E-state index < -0.39 is 6.29 Å². The fourth-order valence-electron chi connectivity index (χ4n) is 1.23. The Hall–Kier alpha value is -1.97. The van der Waals surface area contributed by atoms with E-state index in [1.165, 1.54) is 6.26 Å². The minimum absolute atomic E-state index is 0.179. The lowest BCUT2D eigenvalue weighted by molar-refractivity contribution is -0.110. The summed E-state index contributed by atoms with van der Waals surface area (Å²) in [4.78, 5) is 10.4. The first kappa shape index (κ1) is 8.62. The van der Waals surface area contributed by atoms with Gasteiger partial charge >= 0.3 is 0 Å². The maximum atomic E-state index is 10.4. The quantitative estimate of drug-likeness (QED) is 0.566. The summed E-state index contributed by atoms with van der Waals surface area (Å²) in [5.74, 6) is 0.179. The molecule has 1 aromatic carbocycles. The first-order valence-corrected chi connectivity index (χ1v) is 4.13. The summed E-state index contributed by atoms with van der Waals surface area (Å²) in [7, 11) is 0. The van der Waals surface area contributed by atoms with Gasteiger partial charge in [-0.05, 0) is 12.1 Å². The number of rotatable bonds is 2. The first-order valence-electron chi connectivity index (χ1n) is 4.13. The van der Waals surface area contributed by atoms with Gasteiger partial charge in [-0.1, -0.05) is 12.1 Å². The molecule has 1 atom stereocenters. The van der Waals surface area contributed by atoms with E-state index in [9.17, 15) is 4.79 Å². The maximum Gasteiger partial charge on any atom is 0.269 e. The van der Waals surface area contributed by atoms with Gasteiger partial charge in [0, 0.05) is 5.69 Å². The van der Waals surface area contributed by atoms with Gasteiger partial charge in [0.25, 0.3) is 6.29 Å². The van der Waals surface area contributed by atoms with Gasteiger partial charge < -0.3 is 15.2 Å². The van der Waals surface area contributed by atoms with E-state index in [2.05, 4.69) is 0 Å². The van der Waals surface area contributed by atoms with Crippen molar-refractivity contribution in [2.45, 2.75) is 6.29 Å². The molecule has 4 nitrogen and oxygen atoms in total. The van der Waals surface area contributed by atoms with Crippen LogP contribution >= 0.6 is 0 Å². The Labute approximate surface area is 80.9 Å². The minimum Gasteiger partial charge on any atom is -0.454 e. The second-order valence-corrected chi connectivity index (χ2v) is 2.85. The fourth-order valence-corrected chi connectivity index (χ4v) is 1.23. The highest BCUT2D eigenvalue weighted by Crippen LogP contribution is 2.30. The van der Waals surface area contributed by atoms with Crippen LogP contribution in [0.4, 0.5) is 5.69 Å². The molecule has 0 amide bonds. The van der Waals surface area contributed by atoms with Crippen molar-refractivity contribution in [3.05, 3.63) is 41.9 Å². The standard InChI is InChI=1S/C10H9NO3/c11-9-4-2-1-3-8(9)10-13-6-7(5-12)14-10/h1-6,10H,11H2. The number of aldehydes is 1. The summed E-state index contributed by atoms with van der Waals surface area (Å²) in [6, 6.07) is 7.20. The lowest BCUT2D eigenvalue weighted by Gasteiger charge is -2.12. The highest BCUT2D eigenvalue weighted by molar-refractivity contribution is 5.70. The molecule has 0 saturated carbocycles. The van der Waals surface area contributed by atoms with Crippen molar-refractivity contribution in [3.63, 3.8) is 0 Å². The number of carbonyl (C=O) groups excluding carboxylic acids is 1. The third kappa shape index (κ3) is 1.42. The van der Waals surface area contributed by atoms with E-state index in [-0.39, 0.29) is 5.76 Å². The summed E-state index contributed by atoms with van der Waals surface area (Å²) >= 11 is 0. The van der Waals surface area contributed by atoms with Gasteiger partial charge in [0.1, 0.15) is 6.26 Å². The second-order valence-electron chi connectivity index (χ2n) is 2.85. The van der Waals surface area contributed by atoms with Crippen LogP contribution in [0.15, 0.2) is 36.3 Å². The summed E-state index contributed by atoms with van der Waals surface area (Å²) in [6.07, 6.45) is 1.28. The smallest absolute Gasteiger partial charge is 0.269 e. The molecule has 0 aromatic heterocycles. The van der Waals surface area contributed by atoms with Crippen LogP contribution in [-0.4, -0.2) is 6.29 Å². The first-order chi connectivity index (χ1) is 6.81. The van der Waals surface area contributed by atoms with E-state index in [0.717, 1.165) is 5.56 Å². The molecule has 0 bridgehead atoms. The molecule has 0 radical (unpaired) electrons. The average Bonchev–Trinajstić information content (AvgIpc) is 2.67. The number of ether oxygens (including phenoxy) is 2. The summed E-state index contributed by atoms with van der Waals surface area (Å²) in [5, 5.41) is 0. The van der Waals surface area contributed by atoms with Crippen LogP contribution in [0.2, 0.25) is 0 Å². The van der Waals surface area contributed by atoms with Gasteiger partial charge in [-0.3, -0.25) is 4.79 Å². The summed E-state index contributed by atoms with van der Waals surface area (Å²) in [6.45, 7) is 0. The van der Waals surface area contributed by atoms with Crippen LogP contribution in [0.5, 0.6) is 0 Å². The van der Waals surface area contributed by atoms with Crippen LogP contribution in [0.3, 0.4) is 0 Å². The van der Waals surface area contributed by atoms with Crippen LogP contribution in [-0.2, 0) is 14.3 Å². The summed E-state index contributed by atoms with van der Waals surface area (Å²) in [5.41, 5.74) is 7.02.